The van der Waals surface area contributed by atoms with Crippen molar-refractivity contribution < 1.29 is 4.79 Å². The van der Waals surface area contributed by atoms with E-state index in [1.807, 2.05) is 23.9 Å². The lowest BCUT2D eigenvalue weighted by atomic mass is 10.0. The molecule has 2 N–H and O–H groups in total. The Bertz CT molecular complexity index is 555. The highest BCUT2D eigenvalue weighted by Gasteiger charge is 2.23. The number of aromatic amines is 1. The normalized spacial score (nSPS) is 18.1. The topological polar surface area (TPSA) is 70.7 Å². The fourth-order valence-corrected chi connectivity index (χ4v) is 3.16. The van der Waals surface area contributed by atoms with E-state index >= 15 is 0 Å². The van der Waals surface area contributed by atoms with Crippen molar-refractivity contribution in [1.82, 2.24) is 20.5 Å². The third kappa shape index (κ3) is 2.11. The molecule has 1 aromatic heterocycles. The summed E-state index contributed by atoms with van der Waals surface area (Å²) in [6.45, 7) is 0. The summed E-state index contributed by atoms with van der Waals surface area (Å²) in [4.78, 5) is 17.0. The summed E-state index contributed by atoms with van der Waals surface area (Å²) in [6, 6.07) is 8.23. The monoisotopic (exact) mass is 260 g/mol. The lowest BCUT2D eigenvalue weighted by Gasteiger charge is -2.25. The largest absolute Gasteiger partial charge is 0.342 e. The number of amides is 1. The van der Waals surface area contributed by atoms with Gasteiger partial charge in [-0.15, -0.1) is 11.8 Å². The number of rotatable bonds is 2. The van der Waals surface area contributed by atoms with Crippen LogP contribution in [0.2, 0.25) is 0 Å². The zero-order valence-corrected chi connectivity index (χ0v) is 10.4. The molecule has 92 valence electrons. The van der Waals surface area contributed by atoms with Gasteiger partial charge in [-0.25, -0.2) is 4.98 Å². The first-order valence-corrected chi connectivity index (χ1v) is 6.71. The fourth-order valence-electron chi connectivity index (χ4n) is 2.03. The van der Waals surface area contributed by atoms with Crippen LogP contribution in [-0.4, -0.2) is 26.8 Å². The van der Waals surface area contributed by atoms with E-state index in [0.29, 0.717) is 0 Å². The average Bonchev–Trinajstić information content (AvgIpc) is 2.93. The van der Waals surface area contributed by atoms with Gasteiger partial charge in [0, 0.05) is 10.6 Å². The maximum atomic E-state index is 11.9. The van der Waals surface area contributed by atoms with Gasteiger partial charge in [0.25, 0.3) is 5.91 Å². The number of H-pyrrole nitrogens is 1. The molecule has 0 bridgehead atoms. The van der Waals surface area contributed by atoms with Crippen LogP contribution in [0.5, 0.6) is 0 Å². The van der Waals surface area contributed by atoms with Gasteiger partial charge >= 0.3 is 0 Å². The van der Waals surface area contributed by atoms with E-state index in [-0.39, 0.29) is 17.8 Å². The number of hydrogen-bond acceptors (Lipinski definition) is 4. The molecule has 1 aliphatic heterocycles. The molecule has 0 fully saturated rings. The Kier molecular flexibility index (Phi) is 3.02. The van der Waals surface area contributed by atoms with E-state index < -0.39 is 0 Å². The molecule has 1 amide bonds. The minimum atomic E-state index is -0.209. The highest BCUT2D eigenvalue weighted by molar-refractivity contribution is 7.99. The molecular weight excluding hydrogens is 248 g/mol. The predicted octanol–water partition coefficient (Wildman–Crippen LogP) is 1.77. The minimum Gasteiger partial charge on any atom is -0.342 e. The summed E-state index contributed by atoms with van der Waals surface area (Å²) in [5.41, 5.74) is 1.18. The van der Waals surface area contributed by atoms with Crippen LogP contribution in [0.3, 0.4) is 0 Å². The molecule has 2 heterocycles. The highest BCUT2D eigenvalue weighted by Crippen LogP contribution is 2.35. The van der Waals surface area contributed by atoms with Crippen molar-refractivity contribution >= 4 is 17.7 Å². The zero-order chi connectivity index (χ0) is 12.4. The van der Waals surface area contributed by atoms with Gasteiger partial charge < -0.3 is 5.32 Å². The van der Waals surface area contributed by atoms with E-state index in [1.54, 1.807) is 0 Å². The van der Waals surface area contributed by atoms with E-state index in [4.69, 9.17) is 0 Å². The third-order valence-electron chi connectivity index (χ3n) is 2.89. The van der Waals surface area contributed by atoms with Gasteiger partial charge in [-0.3, -0.25) is 9.89 Å². The Morgan fingerprint density at radius 3 is 3.17 bits per heavy atom. The predicted molar refractivity (Wildman–Crippen MR) is 68.4 cm³/mol. The number of carbonyl (C=O) groups excluding carboxylic acids is 1. The highest BCUT2D eigenvalue weighted by atomic mass is 32.2. The number of thioether (sulfide) groups is 1. The van der Waals surface area contributed by atoms with E-state index in [2.05, 4.69) is 32.6 Å². The van der Waals surface area contributed by atoms with Crippen LogP contribution in [0.15, 0.2) is 35.5 Å². The number of hydrogen-bond donors (Lipinski definition) is 2. The van der Waals surface area contributed by atoms with Gasteiger partial charge in [0.05, 0.1) is 6.04 Å². The second-order valence-corrected chi connectivity index (χ2v) is 5.17. The standard InChI is InChI=1S/C12H12N4OS/c17-12(11-13-7-14-16-11)15-9-5-6-18-10-4-2-1-3-8(9)10/h1-4,7,9H,5-6H2,(H,15,17)(H,13,14,16). The summed E-state index contributed by atoms with van der Waals surface area (Å²) in [5, 5.41) is 9.24. The SMILES string of the molecule is O=C(NC1CCSc2ccccc21)c1ncn[nH]1. The van der Waals surface area contributed by atoms with E-state index in [9.17, 15) is 4.79 Å². The fraction of sp³-hybridized carbons (Fsp3) is 0.250. The first kappa shape index (κ1) is 11.3. The molecule has 3 rings (SSSR count). The van der Waals surface area contributed by atoms with Crippen LogP contribution in [0, 0.1) is 0 Å². The Morgan fingerprint density at radius 2 is 2.33 bits per heavy atom. The Hall–Kier alpha value is -1.82. The van der Waals surface area contributed by atoms with Crippen molar-refractivity contribution in [1.29, 1.82) is 0 Å². The molecule has 0 aliphatic carbocycles. The molecule has 0 saturated carbocycles. The minimum absolute atomic E-state index is 0.0556. The summed E-state index contributed by atoms with van der Waals surface area (Å²) in [5.74, 6) is 1.06. The van der Waals surface area contributed by atoms with E-state index in [0.717, 1.165) is 12.2 Å². The van der Waals surface area contributed by atoms with Crippen molar-refractivity contribution in [2.75, 3.05) is 5.75 Å². The van der Waals surface area contributed by atoms with E-state index in [1.165, 1.54) is 16.8 Å². The van der Waals surface area contributed by atoms with Gasteiger partial charge in [-0.2, -0.15) is 5.10 Å². The molecule has 1 aliphatic rings. The first-order chi connectivity index (χ1) is 8.84. The Labute approximate surface area is 108 Å². The van der Waals surface area contributed by atoms with Gasteiger partial charge in [-0.1, -0.05) is 18.2 Å². The summed E-state index contributed by atoms with van der Waals surface area (Å²) in [6.07, 6.45) is 2.27. The molecule has 2 aromatic rings. The molecular formula is C12H12N4OS. The molecule has 1 unspecified atom stereocenters. The van der Waals surface area contributed by atoms with Crippen LogP contribution in [0.4, 0.5) is 0 Å². The average molecular weight is 260 g/mol. The van der Waals surface area contributed by atoms with Gasteiger partial charge in [0.15, 0.2) is 0 Å². The van der Waals surface area contributed by atoms with Crippen molar-refractivity contribution in [2.45, 2.75) is 17.4 Å². The molecule has 0 spiro atoms. The van der Waals surface area contributed by atoms with Crippen molar-refractivity contribution in [3.8, 4) is 0 Å². The van der Waals surface area contributed by atoms with Crippen LogP contribution >= 0.6 is 11.8 Å². The van der Waals surface area contributed by atoms with Crippen molar-refractivity contribution in [3.05, 3.63) is 42.0 Å². The summed E-state index contributed by atoms with van der Waals surface area (Å²) >= 11 is 1.83. The molecule has 1 aromatic carbocycles. The maximum absolute atomic E-state index is 11.9. The third-order valence-corrected chi connectivity index (χ3v) is 4.02. The lowest BCUT2D eigenvalue weighted by molar-refractivity contribution is 0.0925. The molecule has 5 nitrogen and oxygen atoms in total. The van der Waals surface area contributed by atoms with Crippen LogP contribution in [0.1, 0.15) is 28.6 Å². The molecule has 0 radical (unpaired) electrons. The van der Waals surface area contributed by atoms with Crippen molar-refractivity contribution in [2.24, 2.45) is 0 Å². The molecule has 0 saturated heterocycles. The first-order valence-electron chi connectivity index (χ1n) is 5.72. The van der Waals surface area contributed by atoms with Crippen LogP contribution in [0.25, 0.3) is 0 Å². The lowest BCUT2D eigenvalue weighted by Crippen LogP contribution is -2.31. The molecule has 6 heteroatoms. The smallest absolute Gasteiger partial charge is 0.289 e. The Morgan fingerprint density at radius 1 is 1.44 bits per heavy atom. The second-order valence-electron chi connectivity index (χ2n) is 4.04. The summed E-state index contributed by atoms with van der Waals surface area (Å²) < 4.78 is 0. The second kappa shape index (κ2) is 4.81. The van der Waals surface area contributed by atoms with Crippen LogP contribution < -0.4 is 5.32 Å². The van der Waals surface area contributed by atoms with Crippen LogP contribution in [-0.2, 0) is 0 Å². The van der Waals surface area contributed by atoms with Gasteiger partial charge in [-0.05, 0) is 18.1 Å². The number of nitrogens with zero attached hydrogens (tertiary/aromatic N) is 2. The number of aromatic nitrogens is 3. The molecule has 1 atom stereocenters. The Balaban J connectivity index is 1.80. The maximum Gasteiger partial charge on any atom is 0.289 e. The van der Waals surface area contributed by atoms with Gasteiger partial charge in [0.2, 0.25) is 5.82 Å². The van der Waals surface area contributed by atoms with Gasteiger partial charge in [0.1, 0.15) is 6.33 Å². The summed E-state index contributed by atoms with van der Waals surface area (Å²) in [7, 11) is 0. The zero-order valence-electron chi connectivity index (χ0n) is 9.59. The van der Waals surface area contributed by atoms with Crippen molar-refractivity contribution in [3.63, 3.8) is 0 Å². The number of nitrogens with one attached hydrogen (secondary N) is 2. The number of benzene rings is 1. The number of fused-ring (bicyclic) bond motifs is 1. The number of carbonyl (C=O) groups is 1. The quantitative estimate of drug-likeness (QED) is 0.863. The molecule has 18 heavy (non-hydrogen) atoms.